The van der Waals surface area contributed by atoms with Crippen molar-refractivity contribution in [3.8, 4) is 11.1 Å². The van der Waals surface area contributed by atoms with Crippen molar-refractivity contribution in [1.29, 1.82) is 0 Å². The van der Waals surface area contributed by atoms with E-state index < -0.39 is 0 Å². The third-order valence-corrected chi connectivity index (χ3v) is 3.87. The summed E-state index contributed by atoms with van der Waals surface area (Å²) in [6.07, 6.45) is 0. The van der Waals surface area contributed by atoms with Gasteiger partial charge in [-0.2, -0.15) is 0 Å². The van der Waals surface area contributed by atoms with Gasteiger partial charge in [0, 0.05) is 17.9 Å². The van der Waals surface area contributed by atoms with Crippen molar-refractivity contribution in [3.63, 3.8) is 0 Å². The molecule has 0 aromatic heterocycles. The minimum absolute atomic E-state index is 0.129. The monoisotopic (exact) mass is 316 g/mol. The van der Waals surface area contributed by atoms with Crippen molar-refractivity contribution in [2.24, 2.45) is 0 Å². The molecule has 0 atom stereocenters. The van der Waals surface area contributed by atoms with Gasteiger partial charge in [-0.05, 0) is 42.3 Å². The van der Waals surface area contributed by atoms with E-state index in [4.69, 9.17) is 0 Å². The van der Waals surface area contributed by atoms with Crippen LogP contribution in [0.2, 0.25) is 0 Å². The van der Waals surface area contributed by atoms with E-state index in [-0.39, 0.29) is 6.03 Å². The Kier molecular flexibility index (Phi) is 4.92. The Hall–Kier alpha value is -3.07. The number of hydrogen-bond acceptors (Lipinski definition) is 1. The van der Waals surface area contributed by atoms with Gasteiger partial charge in [0.05, 0.1) is 0 Å². The molecular weight excluding hydrogens is 296 g/mol. The van der Waals surface area contributed by atoms with Crippen molar-refractivity contribution in [2.75, 3.05) is 16.8 Å². The number of hydrogen-bond donors (Lipinski definition) is 1. The third kappa shape index (κ3) is 3.63. The number of benzene rings is 3. The van der Waals surface area contributed by atoms with Crippen LogP contribution in [0.4, 0.5) is 16.2 Å². The molecule has 0 spiro atoms. The largest absolute Gasteiger partial charge is 0.326 e. The normalized spacial score (nSPS) is 10.2. The van der Waals surface area contributed by atoms with Crippen LogP contribution in [0.15, 0.2) is 84.9 Å². The van der Waals surface area contributed by atoms with Gasteiger partial charge in [-0.15, -0.1) is 0 Å². The van der Waals surface area contributed by atoms with Crippen LogP contribution in [-0.4, -0.2) is 12.6 Å². The molecule has 3 rings (SSSR count). The van der Waals surface area contributed by atoms with Crippen LogP contribution in [-0.2, 0) is 0 Å². The van der Waals surface area contributed by atoms with E-state index in [0.29, 0.717) is 6.54 Å². The number of carbonyl (C=O) groups is 1. The lowest BCUT2D eigenvalue weighted by Gasteiger charge is -2.21. The first-order valence-corrected chi connectivity index (χ1v) is 8.07. The minimum Gasteiger partial charge on any atom is -0.308 e. The molecule has 0 aliphatic heterocycles. The van der Waals surface area contributed by atoms with Crippen molar-refractivity contribution < 1.29 is 4.79 Å². The molecular formula is C21H20N2O. The maximum absolute atomic E-state index is 12.5. The van der Waals surface area contributed by atoms with E-state index in [0.717, 1.165) is 22.5 Å². The van der Waals surface area contributed by atoms with Crippen LogP contribution in [0.25, 0.3) is 11.1 Å². The molecule has 120 valence electrons. The molecule has 1 N–H and O–H groups in total. The predicted molar refractivity (Wildman–Crippen MR) is 100 cm³/mol. The number of amides is 2. The average Bonchev–Trinajstić information content (AvgIpc) is 2.64. The van der Waals surface area contributed by atoms with Gasteiger partial charge in [-0.3, -0.25) is 4.90 Å². The average molecular weight is 316 g/mol. The highest BCUT2D eigenvalue weighted by Crippen LogP contribution is 2.22. The van der Waals surface area contributed by atoms with Gasteiger partial charge >= 0.3 is 6.03 Å². The van der Waals surface area contributed by atoms with E-state index in [2.05, 4.69) is 17.4 Å². The Morgan fingerprint density at radius 2 is 1.33 bits per heavy atom. The van der Waals surface area contributed by atoms with E-state index in [1.807, 2.05) is 79.7 Å². The fraction of sp³-hybridized carbons (Fsp3) is 0.0952. The lowest BCUT2D eigenvalue weighted by Crippen LogP contribution is -2.34. The first kappa shape index (κ1) is 15.8. The molecule has 0 unspecified atom stereocenters. The fourth-order valence-corrected chi connectivity index (χ4v) is 2.62. The van der Waals surface area contributed by atoms with E-state index in [1.165, 1.54) is 0 Å². The third-order valence-electron chi connectivity index (χ3n) is 3.87. The summed E-state index contributed by atoms with van der Waals surface area (Å²) in [7, 11) is 0. The van der Waals surface area contributed by atoms with Crippen LogP contribution >= 0.6 is 0 Å². The molecule has 3 nitrogen and oxygen atoms in total. The summed E-state index contributed by atoms with van der Waals surface area (Å²) in [6, 6.07) is 27.6. The van der Waals surface area contributed by atoms with Crippen LogP contribution in [0.5, 0.6) is 0 Å². The molecule has 0 aliphatic carbocycles. The lowest BCUT2D eigenvalue weighted by molar-refractivity contribution is 0.257. The van der Waals surface area contributed by atoms with Crippen LogP contribution < -0.4 is 10.2 Å². The summed E-state index contributed by atoms with van der Waals surface area (Å²) in [6.45, 7) is 2.57. The van der Waals surface area contributed by atoms with Gasteiger partial charge < -0.3 is 5.32 Å². The Labute approximate surface area is 142 Å². The molecule has 0 heterocycles. The van der Waals surface area contributed by atoms with Crippen LogP contribution in [0, 0.1) is 0 Å². The second kappa shape index (κ2) is 7.47. The second-order valence-corrected chi connectivity index (χ2v) is 5.45. The number of nitrogens with one attached hydrogen (secondary N) is 1. The van der Waals surface area contributed by atoms with Crippen molar-refractivity contribution in [2.45, 2.75) is 6.92 Å². The summed E-state index contributed by atoms with van der Waals surface area (Å²) < 4.78 is 0. The summed E-state index contributed by atoms with van der Waals surface area (Å²) in [4.78, 5) is 14.2. The van der Waals surface area contributed by atoms with Crippen molar-refractivity contribution in [3.05, 3.63) is 84.9 Å². The van der Waals surface area contributed by atoms with E-state index in [1.54, 1.807) is 4.90 Å². The van der Waals surface area contributed by atoms with Crippen molar-refractivity contribution >= 4 is 17.4 Å². The number of rotatable bonds is 4. The van der Waals surface area contributed by atoms with E-state index in [9.17, 15) is 4.79 Å². The first-order chi connectivity index (χ1) is 11.8. The van der Waals surface area contributed by atoms with Gasteiger partial charge in [0.25, 0.3) is 0 Å². The maximum atomic E-state index is 12.5. The molecule has 0 saturated heterocycles. The molecule has 0 aliphatic rings. The summed E-state index contributed by atoms with van der Waals surface area (Å²) in [5.74, 6) is 0. The number of nitrogens with zero attached hydrogens (tertiary/aromatic N) is 1. The van der Waals surface area contributed by atoms with Crippen LogP contribution in [0.3, 0.4) is 0 Å². The van der Waals surface area contributed by atoms with Gasteiger partial charge in [0.15, 0.2) is 0 Å². The number of para-hydroxylation sites is 1. The quantitative estimate of drug-likeness (QED) is 0.685. The smallest absolute Gasteiger partial charge is 0.308 e. The van der Waals surface area contributed by atoms with Gasteiger partial charge in [0.2, 0.25) is 0 Å². The lowest BCUT2D eigenvalue weighted by atomic mass is 10.1. The molecule has 0 saturated carbocycles. The first-order valence-electron chi connectivity index (χ1n) is 8.07. The summed E-state index contributed by atoms with van der Waals surface area (Å²) in [5, 5.41) is 2.96. The second-order valence-electron chi connectivity index (χ2n) is 5.45. The fourth-order valence-electron chi connectivity index (χ4n) is 2.62. The molecule has 0 bridgehead atoms. The number of carbonyl (C=O) groups excluding carboxylic acids is 1. The summed E-state index contributed by atoms with van der Waals surface area (Å²) >= 11 is 0. The highest BCUT2D eigenvalue weighted by Gasteiger charge is 2.13. The highest BCUT2D eigenvalue weighted by atomic mass is 16.2. The Balaban J connectivity index is 1.72. The Morgan fingerprint density at radius 1 is 0.792 bits per heavy atom. The minimum atomic E-state index is -0.129. The predicted octanol–water partition coefficient (Wildman–Crippen LogP) is 5.41. The maximum Gasteiger partial charge on any atom is 0.326 e. The Bertz CT molecular complexity index is 783. The van der Waals surface area contributed by atoms with Gasteiger partial charge in [0.1, 0.15) is 0 Å². The molecule has 0 radical (unpaired) electrons. The SMILES string of the molecule is CCN(C(=O)Nc1ccc(-c2ccccc2)cc1)c1ccccc1. The molecule has 2 amide bonds. The van der Waals surface area contributed by atoms with Gasteiger partial charge in [-0.1, -0.05) is 60.7 Å². The van der Waals surface area contributed by atoms with Crippen molar-refractivity contribution in [1.82, 2.24) is 0 Å². The number of anilines is 2. The molecule has 0 fully saturated rings. The number of urea groups is 1. The standard InChI is InChI=1S/C21H20N2O/c1-2-23(20-11-7-4-8-12-20)21(24)22-19-15-13-18(14-16-19)17-9-5-3-6-10-17/h3-16H,2H2,1H3,(H,22,24). The highest BCUT2D eigenvalue weighted by molar-refractivity contribution is 6.01. The topological polar surface area (TPSA) is 32.3 Å². The van der Waals surface area contributed by atoms with Gasteiger partial charge in [-0.25, -0.2) is 4.79 Å². The molecule has 3 aromatic rings. The molecule has 24 heavy (non-hydrogen) atoms. The van der Waals surface area contributed by atoms with Crippen LogP contribution in [0.1, 0.15) is 6.92 Å². The Morgan fingerprint density at radius 3 is 1.92 bits per heavy atom. The zero-order valence-corrected chi connectivity index (χ0v) is 13.6. The zero-order chi connectivity index (χ0) is 16.8. The molecule has 3 heteroatoms. The summed E-state index contributed by atoms with van der Waals surface area (Å²) in [5.41, 5.74) is 3.96. The van der Waals surface area contributed by atoms with E-state index >= 15 is 0 Å². The zero-order valence-electron chi connectivity index (χ0n) is 13.6. The molecule has 3 aromatic carbocycles.